The summed E-state index contributed by atoms with van der Waals surface area (Å²) < 4.78 is 40.8. The molecule has 14 heteroatoms. The van der Waals surface area contributed by atoms with E-state index in [2.05, 4.69) is 20.8 Å². The number of thioether (sulfide) groups is 1. The van der Waals surface area contributed by atoms with Crippen LogP contribution in [0.5, 0.6) is 0 Å². The predicted molar refractivity (Wildman–Crippen MR) is 145 cm³/mol. The molecule has 2 amide bonds. The molecule has 2 N–H and O–H groups in total. The first-order valence-electron chi connectivity index (χ1n) is 11.1. The number of carbonyl (C=O) groups excluding carboxylic acids is 2. The van der Waals surface area contributed by atoms with Crippen molar-refractivity contribution in [3.63, 3.8) is 0 Å². The number of hydrogen-bond donors (Lipinski definition) is 2. The van der Waals surface area contributed by atoms with E-state index in [1.807, 2.05) is 6.07 Å². The van der Waals surface area contributed by atoms with Crippen LogP contribution in [-0.4, -0.2) is 32.3 Å². The van der Waals surface area contributed by atoms with E-state index in [1.165, 1.54) is 12.1 Å². The van der Waals surface area contributed by atoms with E-state index in [-0.39, 0.29) is 33.6 Å². The van der Waals surface area contributed by atoms with Crippen molar-refractivity contribution in [2.24, 2.45) is 0 Å². The summed E-state index contributed by atoms with van der Waals surface area (Å²) in [5, 5.41) is 14.3. The van der Waals surface area contributed by atoms with Crippen molar-refractivity contribution < 1.29 is 22.8 Å². The third-order valence-electron chi connectivity index (χ3n) is 5.20. The van der Waals surface area contributed by atoms with Crippen LogP contribution in [0, 0.1) is 0 Å². The molecular formula is C25H17Cl3F3N5O2S. The number of amides is 2. The Morgan fingerprint density at radius 3 is 2.36 bits per heavy atom. The molecule has 0 fully saturated rings. The molecule has 0 spiro atoms. The monoisotopic (exact) mass is 613 g/mol. The summed E-state index contributed by atoms with van der Waals surface area (Å²) in [7, 11) is 0. The molecule has 0 unspecified atom stereocenters. The minimum absolute atomic E-state index is 0.0215. The Bertz CT molecular complexity index is 1520. The molecule has 39 heavy (non-hydrogen) atoms. The Kier molecular flexibility index (Phi) is 9.06. The zero-order valence-electron chi connectivity index (χ0n) is 19.6. The molecule has 0 atom stereocenters. The minimum atomic E-state index is -4.59. The van der Waals surface area contributed by atoms with E-state index < -0.39 is 23.6 Å². The SMILES string of the molecule is O=C(CSc1nnc(CNC(=O)c2ccc(Cl)cc2Cl)n1-c1ccccc1)Nc1cc(C(F)(F)F)ccc1Cl. The maximum Gasteiger partial charge on any atom is 0.416 e. The molecular weight excluding hydrogens is 598 g/mol. The molecule has 4 rings (SSSR count). The molecule has 7 nitrogen and oxygen atoms in total. The van der Waals surface area contributed by atoms with Crippen LogP contribution in [0.25, 0.3) is 5.69 Å². The Morgan fingerprint density at radius 2 is 1.67 bits per heavy atom. The lowest BCUT2D eigenvalue weighted by atomic mass is 10.2. The van der Waals surface area contributed by atoms with Gasteiger partial charge >= 0.3 is 6.18 Å². The molecule has 0 aliphatic rings. The van der Waals surface area contributed by atoms with Crippen LogP contribution in [0.1, 0.15) is 21.7 Å². The van der Waals surface area contributed by atoms with Gasteiger partial charge in [-0.1, -0.05) is 64.8 Å². The zero-order valence-corrected chi connectivity index (χ0v) is 22.7. The minimum Gasteiger partial charge on any atom is -0.345 e. The van der Waals surface area contributed by atoms with Crippen molar-refractivity contribution in [3.05, 3.63) is 98.7 Å². The summed E-state index contributed by atoms with van der Waals surface area (Å²) in [6.07, 6.45) is -4.59. The lowest BCUT2D eigenvalue weighted by molar-refractivity contribution is -0.137. The number of anilines is 1. The van der Waals surface area contributed by atoms with E-state index in [1.54, 1.807) is 34.9 Å². The number of nitrogens with zero attached hydrogens (tertiary/aromatic N) is 3. The molecule has 4 aromatic rings. The second kappa shape index (κ2) is 12.3. The Labute approximate surface area is 239 Å². The molecule has 0 saturated carbocycles. The molecule has 0 aliphatic heterocycles. The predicted octanol–water partition coefficient (Wildman–Crippen LogP) is 6.91. The van der Waals surface area contributed by atoms with E-state index in [9.17, 15) is 22.8 Å². The van der Waals surface area contributed by atoms with Crippen LogP contribution in [0.3, 0.4) is 0 Å². The Morgan fingerprint density at radius 1 is 0.923 bits per heavy atom. The highest BCUT2D eigenvalue weighted by atomic mass is 35.5. The van der Waals surface area contributed by atoms with Gasteiger partial charge in [0.25, 0.3) is 5.91 Å². The van der Waals surface area contributed by atoms with Gasteiger partial charge in [0, 0.05) is 10.7 Å². The van der Waals surface area contributed by atoms with Gasteiger partial charge < -0.3 is 10.6 Å². The van der Waals surface area contributed by atoms with E-state index in [0.717, 1.165) is 30.0 Å². The number of carbonyl (C=O) groups is 2. The summed E-state index contributed by atoms with van der Waals surface area (Å²) >= 11 is 19.0. The van der Waals surface area contributed by atoms with Gasteiger partial charge in [-0.05, 0) is 48.5 Å². The fourth-order valence-corrected chi connectivity index (χ4v) is 4.82. The molecule has 0 saturated heterocycles. The topological polar surface area (TPSA) is 88.9 Å². The highest BCUT2D eigenvalue weighted by Crippen LogP contribution is 2.34. The van der Waals surface area contributed by atoms with Crippen LogP contribution in [0.2, 0.25) is 15.1 Å². The fraction of sp³-hybridized carbons (Fsp3) is 0.120. The van der Waals surface area contributed by atoms with Gasteiger partial charge in [-0.3, -0.25) is 14.2 Å². The summed E-state index contributed by atoms with van der Waals surface area (Å²) in [5.41, 5.74) is -0.206. The van der Waals surface area contributed by atoms with Crippen molar-refractivity contribution in [1.82, 2.24) is 20.1 Å². The molecule has 1 aromatic heterocycles. The maximum atomic E-state index is 13.0. The second-order valence-corrected chi connectivity index (χ2v) is 10.1. The normalized spacial score (nSPS) is 11.3. The first-order valence-corrected chi connectivity index (χ1v) is 13.2. The van der Waals surface area contributed by atoms with Crippen molar-refractivity contribution in [2.45, 2.75) is 17.9 Å². The van der Waals surface area contributed by atoms with Crippen molar-refractivity contribution in [1.29, 1.82) is 0 Å². The first kappa shape index (κ1) is 28.8. The summed E-state index contributed by atoms with van der Waals surface area (Å²) in [4.78, 5) is 25.2. The maximum absolute atomic E-state index is 13.0. The quantitative estimate of drug-likeness (QED) is 0.211. The van der Waals surface area contributed by atoms with Crippen molar-refractivity contribution in [3.8, 4) is 5.69 Å². The van der Waals surface area contributed by atoms with Crippen LogP contribution in [-0.2, 0) is 17.5 Å². The average Bonchev–Trinajstić information content (AvgIpc) is 3.30. The fourth-order valence-electron chi connectivity index (χ4n) is 3.39. The third kappa shape index (κ3) is 7.24. The largest absolute Gasteiger partial charge is 0.416 e. The number of halogens is 6. The lowest BCUT2D eigenvalue weighted by Gasteiger charge is -2.12. The first-order chi connectivity index (χ1) is 18.5. The average molecular weight is 615 g/mol. The Balaban J connectivity index is 1.49. The van der Waals surface area contributed by atoms with Gasteiger partial charge in [-0.15, -0.1) is 10.2 Å². The standard InChI is InChI=1S/C25H17Cl3F3N5O2S/c26-15-7-8-17(19(28)11-15)23(38)32-12-21-34-35-24(36(21)16-4-2-1-3-5-16)39-13-22(37)33-20-10-14(25(29,30)31)6-9-18(20)27/h1-11H,12-13H2,(H,32,38)(H,33,37). The van der Waals surface area contributed by atoms with Gasteiger partial charge in [-0.25, -0.2) is 0 Å². The molecule has 3 aromatic carbocycles. The van der Waals surface area contributed by atoms with Crippen LogP contribution >= 0.6 is 46.6 Å². The third-order valence-corrected chi connectivity index (χ3v) is 7.00. The number of para-hydroxylation sites is 1. The number of alkyl halides is 3. The Hall–Kier alpha value is -3.25. The van der Waals surface area contributed by atoms with Crippen molar-refractivity contribution in [2.75, 3.05) is 11.1 Å². The van der Waals surface area contributed by atoms with E-state index in [0.29, 0.717) is 21.7 Å². The van der Waals surface area contributed by atoms with Crippen LogP contribution in [0.4, 0.5) is 18.9 Å². The zero-order chi connectivity index (χ0) is 28.2. The number of hydrogen-bond acceptors (Lipinski definition) is 5. The molecule has 0 radical (unpaired) electrons. The summed E-state index contributed by atoms with van der Waals surface area (Å²) in [6.45, 7) is -0.0215. The van der Waals surface area contributed by atoms with Gasteiger partial charge in [0.05, 0.1) is 39.2 Å². The van der Waals surface area contributed by atoms with Crippen molar-refractivity contribution >= 4 is 64.1 Å². The number of nitrogens with one attached hydrogen (secondary N) is 2. The van der Waals surface area contributed by atoms with Gasteiger partial charge in [-0.2, -0.15) is 13.2 Å². The highest BCUT2D eigenvalue weighted by molar-refractivity contribution is 7.99. The van der Waals surface area contributed by atoms with Gasteiger partial charge in [0.15, 0.2) is 11.0 Å². The van der Waals surface area contributed by atoms with Gasteiger partial charge in [0.1, 0.15) is 0 Å². The molecule has 0 bridgehead atoms. The van der Waals surface area contributed by atoms with E-state index >= 15 is 0 Å². The summed E-state index contributed by atoms with van der Waals surface area (Å²) in [6, 6.07) is 16.1. The van der Waals surface area contributed by atoms with Gasteiger partial charge in [0.2, 0.25) is 5.91 Å². The van der Waals surface area contributed by atoms with Crippen LogP contribution in [0.15, 0.2) is 71.9 Å². The molecule has 0 aliphatic carbocycles. The smallest absolute Gasteiger partial charge is 0.345 e. The lowest BCUT2D eigenvalue weighted by Crippen LogP contribution is -2.25. The summed E-state index contributed by atoms with van der Waals surface area (Å²) in [5.74, 6) is -0.894. The molecule has 1 heterocycles. The number of rotatable bonds is 8. The number of benzene rings is 3. The number of aromatic nitrogens is 3. The highest BCUT2D eigenvalue weighted by Gasteiger charge is 2.31. The molecule has 202 valence electrons. The second-order valence-electron chi connectivity index (χ2n) is 7.91. The van der Waals surface area contributed by atoms with E-state index in [4.69, 9.17) is 34.8 Å². The van der Waals surface area contributed by atoms with Crippen LogP contribution < -0.4 is 10.6 Å².